The topological polar surface area (TPSA) is 79.9 Å². The third-order valence-electron chi connectivity index (χ3n) is 4.86. The van der Waals surface area contributed by atoms with Crippen LogP contribution in [0, 0.1) is 0 Å². The lowest BCUT2D eigenvalue weighted by Crippen LogP contribution is -2.27. The molecule has 144 valence electrons. The number of ether oxygens (including phenoxy) is 1. The van der Waals surface area contributed by atoms with Crippen molar-refractivity contribution >= 4 is 28.0 Å². The van der Waals surface area contributed by atoms with Gasteiger partial charge in [-0.05, 0) is 57.9 Å². The van der Waals surface area contributed by atoms with Crippen molar-refractivity contribution in [3.05, 3.63) is 57.3 Å². The number of fused-ring (bicyclic) bond motifs is 3. The number of benzene rings is 2. The number of hydrogen-bond donors (Lipinski definition) is 2. The highest BCUT2D eigenvalue weighted by Gasteiger charge is 2.27. The van der Waals surface area contributed by atoms with Crippen LogP contribution in [-0.4, -0.2) is 15.8 Å². The van der Waals surface area contributed by atoms with Gasteiger partial charge in [0.05, 0.1) is 10.9 Å². The average molecular weight is 378 g/mol. The van der Waals surface area contributed by atoms with Gasteiger partial charge in [0, 0.05) is 12.1 Å². The fourth-order valence-electron chi connectivity index (χ4n) is 3.50. The second kappa shape index (κ2) is 6.16. The summed E-state index contributed by atoms with van der Waals surface area (Å²) < 4.78 is 11.8. The molecule has 5 heteroatoms. The molecule has 2 heterocycles. The van der Waals surface area contributed by atoms with E-state index < -0.39 is 5.60 Å². The second-order valence-electron chi connectivity index (χ2n) is 7.94. The summed E-state index contributed by atoms with van der Waals surface area (Å²) in [6, 6.07) is 4.60. The van der Waals surface area contributed by atoms with E-state index in [4.69, 9.17) is 9.15 Å². The van der Waals surface area contributed by atoms with Crippen molar-refractivity contribution < 1.29 is 19.4 Å². The third kappa shape index (κ3) is 2.93. The molecule has 3 aromatic rings. The zero-order valence-corrected chi connectivity index (χ0v) is 16.3. The minimum Gasteiger partial charge on any atom is -0.508 e. The van der Waals surface area contributed by atoms with E-state index in [1.54, 1.807) is 18.2 Å². The Labute approximate surface area is 162 Å². The SMILES string of the molecule is CC(C)=CCc1cc(O)cc2oc3cc4c(c(O)c3c(=O)c12)C=CC(C)(C)O4. The van der Waals surface area contributed by atoms with Crippen LogP contribution in [0.5, 0.6) is 17.2 Å². The van der Waals surface area contributed by atoms with Gasteiger partial charge in [0.1, 0.15) is 39.4 Å². The Balaban J connectivity index is 2.08. The van der Waals surface area contributed by atoms with Crippen molar-refractivity contribution in [3.8, 4) is 17.2 Å². The van der Waals surface area contributed by atoms with Gasteiger partial charge in [0.15, 0.2) is 0 Å². The predicted molar refractivity (Wildman–Crippen MR) is 110 cm³/mol. The normalized spacial score (nSPS) is 14.7. The van der Waals surface area contributed by atoms with Crippen LogP contribution in [0.3, 0.4) is 0 Å². The van der Waals surface area contributed by atoms with Crippen molar-refractivity contribution in [2.24, 2.45) is 0 Å². The van der Waals surface area contributed by atoms with Gasteiger partial charge in [0.25, 0.3) is 0 Å². The first-order chi connectivity index (χ1) is 13.2. The molecule has 0 aliphatic carbocycles. The number of aromatic hydroxyl groups is 2. The van der Waals surface area contributed by atoms with E-state index in [-0.39, 0.29) is 33.5 Å². The van der Waals surface area contributed by atoms with Crippen LogP contribution in [0.2, 0.25) is 0 Å². The molecule has 0 amide bonds. The van der Waals surface area contributed by atoms with Gasteiger partial charge in [-0.3, -0.25) is 4.79 Å². The standard InChI is InChI=1S/C23H22O5/c1-12(2)5-6-13-9-14(24)10-17-19(13)22(26)20-18(27-17)11-16-15(21(20)25)7-8-23(3,4)28-16/h5,7-11,24-25H,6H2,1-4H3. The minimum absolute atomic E-state index is 0.0228. The van der Waals surface area contributed by atoms with E-state index in [1.807, 2.05) is 39.8 Å². The summed E-state index contributed by atoms with van der Waals surface area (Å²) in [5.41, 5.74) is 1.86. The van der Waals surface area contributed by atoms with Gasteiger partial charge in [-0.25, -0.2) is 0 Å². The van der Waals surface area contributed by atoms with Crippen molar-refractivity contribution in [1.82, 2.24) is 0 Å². The molecule has 1 aliphatic heterocycles. The van der Waals surface area contributed by atoms with Gasteiger partial charge in [-0.2, -0.15) is 0 Å². The molecule has 0 atom stereocenters. The molecule has 28 heavy (non-hydrogen) atoms. The lowest BCUT2D eigenvalue weighted by Gasteiger charge is -2.28. The molecule has 0 bridgehead atoms. The summed E-state index contributed by atoms with van der Waals surface area (Å²) >= 11 is 0. The van der Waals surface area contributed by atoms with Gasteiger partial charge in [-0.1, -0.05) is 11.6 Å². The smallest absolute Gasteiger partial charge is 0.204 e. The molecule has 2 aromatic carbocycles. The van der Waals surface area contributed by atoms with Gasteiger partial charge in [0.2, 0.25) is 5.43 Å². The fourth-order valence-corrected chi connectivity index (χ4v) is 3.50. The maximum Gasteiger partial charge on any atom is 0.204 e. The van der Waals surface area contributed by atoms with Gasteiger partial charge in [-0.15, -0.1) is 0 Å². The van der Waals surface area contributed by atoms with Crippen LogP contribution in [0.4, 0.5) is 0 Å². The molecule has 0 saturated carbocycles. The molecule has 0 unspecified atom stereocenters. The summed E-state index contributed by atoms with van der Waals surface area (Å²) in [7, 11) is 0. The monoisotopic (exact) mass is 378 g/mol. The summed E-state index contributed by atoms with van der Waals surface area (Å²) in [4.78, 5) is 13.3. The summed E-state index contributed by atoms with van der Waals surface area (Å²) in [6.45, 7) is 7.74. The van der Waals surface area contributed by atoms with Crippen LogP contribution in [0.25, 0.3) is 28.0 Å². The molecule has 0 spiro atoms. The molecule has 5 nitrogen and oxygen atoms in total. The molecule has 0 fully saturated rings. The number of hydrogen-bond acceptors (Lipinski definition) is 5. The van der Waals surface area contributed by atoms with Crippen LogP contribution in [0.15, 0.2) is 45.1 Å². The molecule has 4 rings (SSSR count). The third-order valence-corrected chi connectivity index (χ3v) is 4.86. The van der Waals surface area contributed by atoms with E-state index in [2.05, 4.69) is 0 Å². The van der Waals surface area contributed by atoms with Crippen LogP contribution in [0.1, 0.15) is 38.8 Å². The van der Waals surface area contributed by atoms with E-state index in [0.717, 1.165) is 5.57 Å². The fraction of sp³-hybridized carbons (Fsp3) is 0.261. The molecular weight excluding hydrogens is 356 g/mol. The average Bonchev–Trinajstić information content (AvgIpc) is 2.57. The first-order valence-corrected chi connectivity index (χ1v) is 9.16. The molecular formula is C23H22O5. The largest absolute Gasteiger partial charge is 0.508 e. The lowest BCUT2D eigenvalue weighted by molar-refractivity contribution is 0.158. The Morgan fingerprint density at radius 2 is 1.82 bits per heavy atom. The quantitative estimate of drug-likeness (QED) is 0.482. The lowest BCUT2D eigenvalue weighted by atomic mass is 9.98. The zero-order valence-electron chi connectivity index (χ0n) is 16.3. The van der Waals surface area contributed by atoms with E-state index in [1.165, 1.54) is 6.07 Å². The Morgan fingerprint density at radius 3 is 2.54 bits per heavy atom. The summed E-state index contributed by atoms with van der Waals surface area (Å²) in [6.07, 6.45) is 6.05. The zero-order chi connectivity index (χ0) is 20.2. The first kappa shape index (κ1) is 18.2. The maximum absolute atomic E-state index is 13.3. The van der Waals surface area contributed by atoms with E-state index in [9.17, 15) is 15.0 Å². The summed E-state index contributed by atoms with van der Waals surface area (Å²) in [5.74, 6) is 0.315. The molecule has 0 radical (unpaired) electrons. The highest BCUT2D eigenvalue weighted by Crippen LogP contribution is 2.41. The van der Waals surface area contributed by atoms with Crippen LogP contribution in [-0.2, 0) is 6.42 Å². The highest BCUT2D eigenvalue weighted by molar-refractivity contribution is 5.98. The second-order valence-corrected chi connectivity index (χ2v) is 7.94. The van der Waals surface area contributed by atoms with E-state index >= 15 is 0 Å². The molecule has 0 saturated heterocycles. The molecule has 1 aromatic heterocycles. The number of phenolic OH excluding ortho intramolecular Hbond substituents is 2. The van der Waals surface area contributed by atoms with Crippen molar-refractivity contribution in [2.75, 3.05) is 0 Å². The number of allylic oxidation sites excluding steroid dienone is 2. The van der Waals surface area contributed by atoms with Crippen LogP contribution >= 0.6 is 0 Å². The maximum atomic E-state index is 13.3. The molecule has 1 aliphatic rings. The van der Waals surface area contributed by atoms with E-state index in [0.29, 0.717) is 28.7 Å². The Bertz CT molecular complexity index is 1240. The van der Waals surface area contributed by atoms with Crippen molar-refractivity contribution in [2.45, 2.75) is 39.7 Å². The first-order valence-electron chi connectivity index (χ1n) is 9.16. The molecule has 2 N–H and O–H groups in total. The van der Waals surface area contributed by atoms with Crippen molar-refractivity contribution in [1.29, 1.82) is 0 Å². The summed E-state index contributed by atoms with van der Waals surface area (Å²) in [5, 5.41) is 21.4. The predicted octanol–water partition coefficient (Wildman–Crippen LogP) is 5.05. The van der Waals surface area contributed by atoms with Crippen molar-refractivity contribution in [3.63, 3.8) is 0 Å². The minimum atomic E-state index is -0.528. The van der Waals surface area contributed by atoms with Gasteiger partial charge >= 0.3 is 0 Å². The Kier molecular flexibility index (Phi) is 4.00. The Morgan fingerprint density at radius 1 is 1.11 bits per heavy atom. The van der Waals surface area contributed by atoms with Gasteiger partial charge < -0.3 is 19.4 Å². The van der Waals surface area contributed by atoms with Crippen LogP contribution < -0.4 is 10.2 Å². The number of phenols is 2. The highest BCUT2D eigenvalue weighted by atomic mass is 16.5. The number of rotatable bonds is 2. The Hall–Kier alpha value is -3.21.